The minimum absolute atomic E-state index is 0.000670. The van der Waals surface area contributed by atoms with Crippen molar-refractivity contribution in [1.82, 2.24) is 15.2 Å². The van der Waals surface area contributed by atoms with Crippen LogP contribution < -0.4 is 4.90 Å². The van der Waals surface area contributed by atoms with Crippen LogP contribution in [0.4, 0.5) is 5.69 Å². The van der Waals surface area contributed by atoms with Crippen LogP contribution in [0.15, 0.2) is 30.7 Å². The highest BCUT2D eigenvalue weighted by atomic mass is 16.3. The molecule has 1 aliphatic heterocycles. The summed E-state index contributed by atoms with van der Waals surface area (Å²) >= 11 is 0. The molecule has 19 heavy (non-hydrogen) atoms. The summed E-state index contributed by atoms with van der Waals surface area (Å²) in [4.78, 5) is 6.48. The first kappa shape index (κ1) is 12.2. The third-order valence-electron chi connectivity index (χ3n) is 3.81. The van der Waals surface area contributed by atoms with Gasteiger partial charge in [-0.1, -0.05) is 0 Å². The van der Waals surface area contributed by atoms with Crippen molar-refractivity contribution in [2.45, 2.75) is 25.4 Å². The molecular formula is C14H18N4O. The molecule has 0 spiro atoms. The Hall–Kier alpha value is -1.88. The van der Waals surface area contributed by atoms with Crippen LogP contribution in [0.2, 0.25) is 0 Å². The molecule has 3 rings (SSSR count). The predicted octanol–water partition coefficient (Wildman–Crippen LogP) is 1.68. The average Bonchev–Trinajstić information content (AvgIpc) is 3.02. The molecule has 0 saturated carbocycles. The largest absolute Gasteiger partial charge is 0.390 e. The van der Waals surface area contributed by atoms with Crippen molar-refractivity contribution in [3.63, 3.8) is 0 Å². The standard InChI is InChI=1S/C14H18N4O/c19-10-13-7-14(1-4-15-13)18-5-2-11(3-6-18)12-8-16-17-9-12/h1,4,7-9,11,19H,2-3,5-6,10H2,(H,16,17). The van der Waals surface area contributed by atoms with Gasteiger partial charge in [-0.15, -0.1) is 0 Å². The number of nitrogens with one attached hydrogen (secondary N) is 1. The number of pyridine rings is 1. The SMILES string of the molecule is OCc1cc(N2CCC(c3cn[nH]c3)CC2)ccn1. The number of hydrogen-bond donors (Lipinski definition) is 2. The quantitative estimate of drug-likeness (QED) is 0.879. The van der Waals surface area contributed by atoms with Gasteiger partial charge in [-0.25, -0.2) is 0 Å². The topological polar surface area (TPSA) is 65.0 Å². The zero-order valence-electron chi connectivity index (χ0n) is 10.8. The molecule has 5 heteroatoms. The number of anilines is 1. The Bertz CT molecular complexity index is 518. The Balaban J connectivity index is 1.66. The van der Waals surface area contributed by atoms with E-state index in [1.807, 2.05) is 24.5 Å². The lowest BCUT2D eigenvalue weighted by Crippen LogP contribution is -2.32. The molecule has 5 nitrogen and oxygen atoms in total. The maximum atomic E-state index is 9.14. The molecule has 100 valence electrons. The van der Waals surface area contributed by atoms with Crippen molar-refractivity contribution in [1.29, 1.82) is 0 Å². The third kappa shape index (κ3) is 2.61. The van der Waals surface area contributed by atoms with E-state index in [0.29, 0.717) is 5.92 Å². The Morgan fingerprint density at radius 2 is 2.21 bits per heavy atom. The van der Waals surface area contributed by atoms with Gasteiger partial charge in [-0.3, -0.25) is 10.1 Å². The molecule has 0 atom stereocenters. The minimum atomic E-state index is -0.000670. The monoisotopic (exact) mass is 258 g/mol. The average molecular weight is 258 g/mol. The molecule has 0 radical (unpaired) electrons. The molecule has 3 heterocycles. The summed E-state index contributed by atoms with van der Waals surface area (Å²) in [6.45, 7) is 2.06. The normalized spacial score (nSPS) is 16.8. The lowest BCUT2D eigenvalue weighted by molar-refractivity contribution is 0.277. The van der Waals surface area contributed by atoms with Crippen LogP contribution in [0.5, 0.6) is 0 Å². The summed E-state index contributed by atoms with van der Waals surface area (Å²) in [6.07, 6.45) is 7.96. The molecular weight excluding hydrogens is 240 g/mol. The van der Waals surface area contributed by atoms with Gasteiger partial charge in [-0.05, 0) is 36.5 Å². The van der Waals surface area contributed by atoms with Crippen molar-refractivity contribution < 1.29 is 5.11 Å². The van der Waals surface area contributed by atoms with E-state index in [0.717, 1.165) is 37.3 Å². The summed E-state index contributed by atoms with van der Waals surface area (Å²) in [7, 11) is 0. The van der Waals surface area contributed by atoms with Crippen molar-refractivity contribution in [3.05, 3.63) is 42.0 Å². The predicted molar refractivity (Wildman–Crippen MR) is 72.9 cm³/mol. The summed E-state index contributed by atoms with van der Waals surface area (Å²) < 4.78 is 0. The van der Waals surface area contributed by atoms with E-state index in [9.17, 15) is 0 Å². The van der Waals surface area contributed by atoms with Gasteiger partial charge >= 0.3 is 0 Å². The lowest BCUT2D eigenvalue weighted by atomic mass is 9.91. The second-order valence-electron chi connectivity index (χ2n) is 4.96. The van der Waals surface area contributed by atoms with Crippen LogP contribution >= 0.6 is 0 Å². The van der Waals surface area contributed by atoms with Gasteiger partial charge in [0, 0.05) is 31.2 Å². The zero-order valence-corrected chi connectivity index (χ0v) is 10.8. The molecule has 0 amide bonds. The maximum Gasteiger partial charge on any atom is 0.0853 e. The van der Waals surface area contributed by atoms with Crippen molar-refractivity contribution in [3.8, 4) is 0 Å². The fourth-order valence-electron chi connectivity index (χ4n) is 2.70. The maximum absolute atomic E-state index is 9.14. The molecule has 1 saturated heterocycles. The van der Waals surface area contributed by atoms with E-state index in [1.54, 1.807) is 6.20 Å². The van der Waals surface area contributed by atoms with E-state index in [2.05, 4.69) is 20.1 Å². The van der Waals surface area contributed by atoms with Crippen LogP contribution in [0.25, 0.3) is 0 Å². The Morgan fingerprint density at radius 1 is 1.37 bits per heavy atom. The number of aromatic nitrogens is 3. The van der Waals surface area contributed by atoms with Crippen molar-refractivity contribution in [2.24, 2.45) is 0 Å². The minimum Gasteiger partial charge on any atom is -0.390 e. The van der Waals surface area contributed by atoms with E-state index in [4.69, 9.17) is 5.11 Å². The van der Waals surface area contributed by atoms with Crippen LogP contribution in [0, 0.1) is 0 Å². The van der Waals surface area contributed by atoms with Gasteiger partial charge in [0.15, 0.2) is 0 Å². The molecule has 1 fully saturated rings. The highest BCUT2D eigenvalue weighted by Gasteiger charge is 2.21. The number of nitrogens with zero attached hydrogens (tertiary/aromatic N) is 3. The molecule has 2 aromatic heterocycles. The summed E-state index contributed by atoms with van der Waals surface area (Å²) in [6, 6.07) is 3.98. The number of H-pyrrole nitrogens is 1. The van der Waals surface area contributed by atoms with E-state index in [-0.39, 0.29) is 6.61 Å². The zero-order chi connectivity index (χ0) is 13.1. The summed E-state index contributed by atoms with van der Waals surface area (Å²) in [5.41, 5.74) is 3.20. The molecule has 0 unspecified atom stereocenters. The fraction of sp³-hybridized carbons (Fsp3) is 0.429. The van der Waals surface area contributed by atoms with Crippen molar-refractivity contribution >= 4 is 5.69 Å². The Morgan fingerprint density at radius 3 is 2.89 bits per heavy atom. The first-order valence-electron chi connectivity index (χ1n) is 6.66. The second kappa shape index (κ2) is 5.40. The van der Waals surface area contributed by atoms with E-state index < -0.39 is 0 Å². The molecule has 2 aromatic rings. The van der Waals surface area contributed by atoms with Crippen LogP contribution in [0.1, 0.15) is 30.0 Å². The number of piperidine rings is 1. The smallest absolute Gasteiger partial charge is 0.0853 e. The highest BCUT2D eigenvalue weighted by Crippen LogP contribution is 2.29. The van der Waals surface area contributed by atoms with E-state index in [1.165, 1.54) is 5.56 Å². The third-order valence-corrected chi connectivity index (χ3v) is 3.81. The van der Waals surface area contributed by atoms with Crippen molar-refractivity contribution in [2.75, 3.05) is 18.0 Å². The number of aliphatic hydroxyl groups excluding tert-OH is 1. The van der Waals surface area contributed by atoms with Gasteiger partial charge < -0.3 is 10.0 Å². The molecule has 2 N–H and O–H groups in total. The molecule has 1 aliphatic rings. The van der Waals surface area contributed by atoms with Crippen LogP contribution in [-0.4, -0.2) is 33.4 Å². The van der Waals surface area contributed by atoms with Gasteiger partial charge in [0.05, 0.1) is 18.5 Å². The number of rotatable bonds is 3. The first-order chi connectivity index (χ1) is 9.36. The summed E-state index contributed by atoms with van der Waals surface area (Å²) in [5, 5.41) is 16.0. The second-order valence-corrected chi connectivity index (χ2v) is 4.96. The molecule has 0 bridgehead atoms. The van der Waals surface area contributed by atoms with Gasteiger partial charge in [0.25, 0.3) is 0 Å². The number of hydrogen-bond acceptors (Lipinski definition) is 4. The van der Waals surface area contributed by atoms with Gasteiger partial charge in [0.2, 0.25) is 0 Å². The molecule has 0 aliphatic carbocycles. The Kier molecular flexibility index (Phi) is 3.46. The number of aromatic amines is 1. The lowest BCUT2D eigenvalue weighted by Gasteiger charge is -2.33. The fourth-order valence-corrected chi connectivity index (χ4v) is 2.70. The van der Waals surface area contributed by atoms with Gasteiger partial charge in [-0.2, -0.15) is 5.10 Å². The van der Waals surface area contributed by atoms with Gasteiger partial charge in [0.1, 0.15) is 0 Å². The Labute approximate surface area is 112 Å². The number of aliphatic hydroxyl groups is 1. The summed E-state index contributed by atoms with van der Waals surface area (Å²) in [5.74, 6) is 0.606. The first-order valence-corrected chi connectivity index (χ1v) is 6.66. The van der Waals surface area contributed by atoms with E-state index >= 15 is 0 Å². The highest BCUT2D eigenvalue weighted by molar-refractivity contribution is 5.47. The van der Waals surface area contributed by atoms with Crippen LogP contribution in [0.3, 0.4) is 0 Å². The van der Waals surface area contributed by atoms with Crippen LogP contribution in [-0.2, 0) is 6.61 Å². The molecule has 0 aromatic carbocycles.